The van der Waals surface area contributed by atoms with Crippen LogP contribution in [0.4, 0.5) is 0 Å². The molecule has 0 bridgehead atoms. The summed E-state index contributed by atoms with van der Waals surface area (Å²) in [4.78, 5) is 10.7. The second kappa shape index (κ2) is 5.17. The van der Waals surface area contributed by atoms with Crippen molar-refractivity contribution in [2.45, 2.75) is 65.8 Å². The van der Waals surface area contributed by atoms with Gasteiger partial charge in [-0.15, -0.1) is 0 Å². The maximum atomic E-state index is 10.7. The summed E-state index contributed by atoms with van der Waals surface area (Å²) in [5.74, 6) is -0.722. The molecule has 0 fully saturated rings. The Bertz CT molecular complexity index is 442. The zero-order valence-corrected chi connectivity index (χ0v) is 12.4. The smallest absolute Gasteiger partial charge is 0.303 e. The predicted molar refractivity (Wildman–Crippen MR) is 74.2 cm³/mol. The van der Waals surface area contributed by atoms with Gasteiger partial charge in [0.15, 0.2) is 0 Å². The van der Waals surface area contributed by atoms with Gasteiger partial charge in [-0.1, -0.05) is 13.8 Å². The number of hydrogen-bond donors (Lipinski definition) is 1. The highest BCUT2D eigenvalue weighted by Gasteiger charge is 2.26. The molecule has 0 aliphatic carbocycles. The van der Waals surface area contributed by atoms with Gasteiger partial charge < -0.3 is 9.67 Å². The molecule has 0 spiro atoms. The van der Waals surface area contributed by atoms with Crippen molar-refractivity contribution in [3.63, 3.8) is 0 Å². The van der Waals surface area contributed by atoms with Gasteiger partial charge in [0.2, 0.25) is 0 Å². The fourth-order valence-corrected chi connectivity index (χ4v) is 2.81. The van der Waals surface area contributed by atoms with Crippen LogP contribution in [0.2, 0.25) is 0 Å². The summed E-state index contributed by atoms with van der Waals surface area (Å²) in [5, 5.41) is 8.84. The van der Waals surface area contributed by atoms with Crippen LogP contribution in [-0.4, -0.2) is 15.6 Å². The van der Waals surface area contributed by atoms with Crippen LogP contribution in [0.25, 0.3) is 0 Å². The van der Waals surface area contributed by atoms with Crippen molar-refractivity contribution in [1.29, 1.82) is 0 Å². The molecule has 0 aliphatic rings. The lowest BCUT2D eigenvalue weighted by Crippen LogP contribution is -2.20. The van der Waals surface area contributed by atoms with Crippen molar-refractivity contribution in [3.8, 4) is 0 Å². The minimum Gasteiger partial charge on any atom is -0.481 e. The van der Waals surface area contributed by atoms with E-state index in [1.165, 1.54) is 17.0 Å². The minimum atomic E-state index is -0.722. The highest BCUT2D eigenvalue weighted by atomic mass is 16.4. The van der Waals surface area contributed by atoms with E-state index in [2.05, 4.69) is 52.2 Å². The van der Waals surface area contributed by atoms with E-state index in [0.29, 0.717) is 12.5 Å². The van der Waals surface area contributed by atoms with E-state index in [1.807, 2.05) is 0 Å². The normalized spacial score (nSPS) is 12.2. The summed E-state index contributed by atoms with van der Waals surface area (Å²) in [6.45, 7) is 12.8. The van der Waals surface area contributed by atoms with Gasteiger partial charge in [-0.3, -0.25) is 4.79 Å². The number of nitrogens with zero attached hydrogens (tertiary/aromatic N) is 1. The summed E-state index contributed by atoms with van der Waals surface area (Å²) in [5.41, 5.74) is 3.70. The van der Waals surface area contributed by atoms with Crippen LogP contribution in [0.15, 0.2) is 6.07 Å². The van der Waals surface area contributed by atoms with Crippen LogP contribution in [0.3, 0.4) is 0 Å². The average Bonchev–Trinajstić information content (AvgIpc) is 2.52. The van der Waals surface area contributed by atoms with Crippen molar-refractivity contribution in [2.24, 2.45) is 0 Å². The second-order valence-electron chi connectivity index (χ2n) is 6.03. The Morgan fingerprint density at radius 1 is 1.39 bits per heavy atom. The second-order valence-corrected chi connectivity index (χ2v) is 6.03. The molecule has 0 amide bonds. The molecule has 0 aliphatic heterocycles. The largest absolute Gasteiger partial charge is 0.481 e. The number of hydrogen-bond acceptors (Lipinski definition) is 1. The zero-order valence-electron chi connectivity index (χ0n) is 12.4. The summed E-state index contributed by atoms with van der Waals surface area (Å²) >= 11 is 0. The Hall–Kier alpha value is -1.25. The van der Waals surface area contributed by atoms with E-state index in [0.717, 1.165) is 0 Å². The third-order valence-corrected chi connectivity index (χ3v) is 3.69. The quantitative estimate of drug-likeness (QED) is 0.864. The summed E-state index contributed by atoms with van der Waals surface area (Å²) in [7, 11) is 0. The SMILES string of the molecule is Cc1cc(C(C)(C)CCC(=O)O)c(C)n1C(C)C. The number of carbonyl (C=O) groups is 1. The molecule has 1 aromatic rings. The monoisotopic (exact) mass is 251 g/mol. The predicted octanol–water partition coefficient (Wildman–Crippen LogP) is 3.83. The highest BCUT2D eigenvalue weighted by molar-refractivity contribution is 5.66. The molecular formula is C15H25NO2. The van der Waals surface area contributed by atoms with Crippen LogP contribution >= 0.6 is 0 Å². The van der Waals surface area contributed by atoms with Gasteiger partial charge in [0.1, 0.15) is 0 Å². The van der Waals surface area contributed by atoms with Crippen LogP contribution in [0, 0.1) is 13.8 Å². The minimum absolute atomic E-state index is 0.0899. The number of aryl methyl sites for hydroxylation is 1. The Balaban J connectivity index is 3.09. The van der Waals surface area contributed by atoms with Crippen molar-refractivity contribution >= 4 is 5.97 Å². The maximum absolute atomic E-state index is 10.7. The standard InChI is InChI=1S/C15H25NO2/c1-10(2)16-11(3)9-13(12(16)4)15(5,6)8-7-14(17)18/h9-10H,7-8H2,1-6H3,(H,17,18). The molecular weight excluding hydrogens is 226 g/mol. The molecule has 0 atom stereocenters. The molecule has 18 heavy (non-hydrogen) atoms. The zero-order chi connectivity index (χ0) is 14.1. The van der Waals surface area contributed by atoms with Crippen LogP contribution in [0.1, 0.15) is 63.5 Å². The number of carboxylic acids is 1. The summed E-state index contributed by atoms with van der Waals surface area (Å²) < 4.78 is 2.32. The Morgan fingerprint density at radius 2 is 1.94 bits per heavy atom. The molecule has 0 aromatic carbocycles. The molecule has 1 heterocycles. The molecule has 1 aromatic heterocycles. The van der Waals surface area contributed by atoms with Crippen LogP contribution in [-0.2, 0) is 10.2 Å². The fourth-order valence-electron chi connectivity index (χ4n) is 2.81. The first kappa shape index (κ1) is 14.8. The van der Waals surface area contributed by atoms with E-state index in [9.17, 15) is 4.79 Å². The fraction of sp³-hybridized carbons (Fsp3) is 0.667. The topological polar surface area (TPSA) is 42.2 Å². The molecule has 0 saturated heterocycles. The third kappa shape index (κ3) is 2.95. The molecule has 0 saturated carbocycles. The van der Waals surface area contributed by atoms with Crippen LogP contribution < -0.4 is 0 Å². The third-order valence-electron chi connectivity index (χ3n) is 3.69. The Morgan fingerprint density at radius 3 is 2.33 bits per heavy atom. The molecule has 102 valence electrons. The first-order valence-electron chi connectivity index (χ1n) is 6.57. The number of aliphatic carboxylic acids is 1. The molecule has 0 unspecified atom stereocenters. The Labute approximate surface area is 110 Å². The van der Waals surface area contributed by atoms with E-state index in [-0.39, 0.29) is 11.8 Å². The first-order chi connectivity index (χ1) is 8.16. The van der Waals surface area contributed by atoms with Crippen molar-refractivity contribution in [3.05, 3.63) is 23.0 Å². The Kier molecular flexibility index (Phi) is 4.25. The molecule has 1 rings (SSSR count). The molecule has 3 nitrogen and oxygen atoms in total. The van der Waals surface area contributed by atoms with Gasteiger partial charge in [-0.2, -0.15) is 0 Å². The number of aromatic nitrogens is 1. The van der Waals surface area contributed by atoms with Crippen LogP contribution in [0.5, 0.6) is 0 Å². The molecule has 0 radical (unpaired) electrons. The van der Waals surface area contributed by atoms with Gasteiger partial charge in [0.25, 0.3) is 0 Å². The summed E-state index contributed by atoms with van der Waals surface area (Å²) in [6.07, 6.45) is 0.892. The van der Waals surface area contributed by atoms with Gasteiger partial charge in [-0.05, 0) is 51.2 Å². The van der Waals surface area contributed by atoms with Gasteiger partial charge in [0, 0.05) is 23.9 Å². The average molecular weight is 251 g/mol. The van der Waals surface area contributed by atoms with E-state index < -0.39 is 5.97 Å². The van der Waals surface area contributed by atoms with E-state index in [1.54, 1.807) is 0 Å². The van der Waals surface area contributed by atoms with Crippen molar-refractivity contribution < 1.29 is 9.90 Å². The molecule has 1 N–H and O–H groups in total. The van der Waals surface area contributed by atoms with Crippen molar-refractivity contribution in [2.75, 3.05) is 0 Å². The van der Waals surface area contributed by atoms with Gasteiger partial charge >= 0.3 is 5.97 Å². The maximum Gasteiger partial charge on any atom is 0.303 e. The van der Waals surface area contributed by atoms with E-state index >= 15 is 0 Å². The first-order valence-corrected chi connectivity index (χ1v) is 6.57. The van der Waals surface area contributed by atoms with E-state index in [4.69, 9.17) is 5.11 Å². The van der Waals surface area contributed by atoms with Gasteiger partial charge in [-0.25, -0.2) is 0 Å². The lowest BCUT2D eigenvalue weighted by Gasteiger charge is -2.25. The van der Waals surface area contributed by atoms with Gasteiger partial charge in [0.05, 0.1) is 0 Å². The molecule has 3 heteroatoms. The van der Waals surface area contributed by atoms with Crippen molar-refractivity contribution in [1.82, 2.24) is 4.57 Å². The highest BCUT2D eigenvalue weighted by Crippen LogP contribution is 2.34. The lowest BCUT2D eigenvalue weighted by atomic mass is 9.80. The summed E-state index contributed by atoms with van der Waals surface area (Å²) in [6, 6.07) is 2.64. The number of carboxylic acid groups (broad SMARTS) is 1. The lowest BCUT2D eigenvalue weighted by molar-refractivity contribution is -0.137. The number of rotatable bonds is 5.